The highest BCUT2D eigenvalue weighted by Gasteiger charge is 2.38. The van der Waals surface area contributed by atoms with Crippen molar-refractivity contribution in [2.45, 2.75) is 70.4 Å². The van der Waals surface area contributed by atoms with Crippen LogP contribution in [0.5, 0.6) is 0 Å². The van der Waals surface area contributed by atoms with Gasteiger partial charge in [0.2, 0.25) is 0 Å². The molecule has 3 rings (SSSR count). The number of carbonyl (C=O) groups excluding carboxylic acids is 1. The summed E-state index contributed by atoms with van der Waals surface area (Å²) in [6.45, 7) is 7.00. The Morgan fingerprint density at radius 3 is 2.30 bits per heavy atom. The van der Waals surface area contributed by atoms with E-state index in [0.29, 0.717) is 12.1 Å². The summed E-state index contributed by atoms with van der Waals surface area (Å²) in [6.07, 6.45) is 10.7. The van der Waals surface area contributed by atoms with Crippen molar-refractivity contribution in [1.29, 1.82) is 0 Å². The van der Waals surface area contributed by atoms with E-state index in [-0.39, 0.29) is 11.4 Å². The first-order valence-corrected chi connectivity index (χ1v) is 11.7. The summed E-state index contributed by atoms with van der Waals surface area (Å²) in [5, 5.41) is 9.73. The molecule has 1 aliphatic carbocycles. The van der Waals surface area contributed by atoms with E-state index < -0.39 is 0 Å². The van der Waals surface area contributed by atoms with Crippen LogP contribution in [0.3, 0.4) is 0 Å². The smallest absolute Gasteiger partial charge is 0.251 e. The lowest BCUT2D eigenvalue weighted by Crippen LogP contribution is -2.59. The lowest BCUT2D eigenvalue weighted by Gasteiger charge is -2.48. The van der Waals surface area contributed by atoms with Crippen LogP contribution in [0.25, 0.3) is 0 Å². The van der Waals surface area contributed by atoms with E-state index in [4.69, 9.17) is 4.99 Å². The molecule has 6 heteroatoms. The van der Waals surface area contributed by atoms with Gasteiger partial charge in [0.15, 0.2) is 5.96 Å². The normalized spacial score (nSPS) is 19.9. The first-order chi connectivity index (χ1) is 14.7. The number of aliphatic imine (C=N–C) groups is 1. The van der Waals surface area contributed by atoms with E-state index in [9.17, 15) is 4.79 Å². The number of hydrogen-bond acceptors (Lipinski definition) is 3. The molecule has 166 valence electrons. The molecule has 0 spiro atoms. The molecule has 2 aliphatic rings. The highest BCUT2D eigenvalue weighted by Crippen LogP contribution is 2.35. The van der Waals surface area contributed by atoms with Gasteiger partial charge in [-0.05, 0) is 63.4 Å². The minimum Gasteiger partial charge on any atom is -0.357 e. The number of carbonyl (C=O) groups is 1. The van der Waals surface area contributed by atoms with E-state index in [2.05, 4.69) is 27.8 Å². The number of nitrogens with zero attached hydrogens (tertiary/aromatic N) is 2. The van der Waals surface area contributed by atoms with Crippen molar-refractivity contribution in [3.05, 3.63) is 35.4 Å². The molecular formula is C24H39N5O. The lowest BCUT2D eigenvalue weighted by atomic mass is 9.79. The van der Waals surface area contributed by atoms with Crippen molar-refractivity contribution in [1.82, 2.24) is 20.9 Å². The zero-order chi connectivity index (χ0) is 21.2. The Balaban J connectivity index is 1.63. The van der Waals surface area contributed by atoms with Gasteiger partial charge >= 0.3 is 0 Å². The standard InChI is InChI=1S/C24H39N5O/c1-3-26-23(27-18-20-10-12-21(13-11-20)22(30)25-2)28-19-24(14-6-4-7-15-24)29-16-8-5-9-17-29/h10-13H,3-9,14-19H2,1-2H3,(H,25,30)(H2,26,27,28). The molecule has 1 aromatic rings. The Kier molecular flexibility index (Phi) is 8.55. The molecule has 0 radical (unpaired) electrons. The Labute approximate surface area is 181 Å². The first kappa shape index (κ1) is 22.6. The largest absolute Gasteiger partial charge is 0.357 e. The molecule has 0 aromatic heterocycles. The number of nitrogens with one attached hydrogen (secondary N) is 3. The van der Waals surface area contributed by atoms with Crippen LogP contribution in [0.4, 0.5) is 0 Å². The fourth-order valence-corrected chi connectivity index (χ4v) is 4.85. The summed E-state index contributed by atoms with van der Waals surface area (Å²) in [4.78, 5) is 19.3. The number of guanidine groups is 1. The highest BCUT2D eigenvalue weighted by atomic mass is 16.1. The summed E-state index contributed by atoms with van der Waals surface area (Å²) in [5.41, 5.74) is 2.06. The molecular weight excluding hydrogens is 374 g/mol. The van der Waals surface area contributed by atoms with Gasteiger partial charge in [-0.3, -0.25) is 9.69 Å². The van der Waals surface area contributed by atoms with Gasteiger partial charge < -0.3 is 16.0 Å². The van der Waals surface area contributed by atoms with Gasteiger partial charge in [0.25, 0.3) is 5.91 Å². The van der Waals surface area contributed by atoms with Crippen molar-refractivity contribution < 1.29 is 4.79 Å². The van der Waals surface area contributed by atoms with Gasteiger partial charge in [-0.15, -0.1) is 0 Å². The first-order valence-electron chi connectivity index (χ1n) is 11.7. The quantitative estimate of drug-likeness (QED) is 0.474. The monoisotopic (exact) mass is 413 g/mol. The summed E-state index contributed by atoms with van der Waals surface area (Å²) in [5.74, 6) is 0.824. The number of benzene rings is 1. The highest BCUT2D eigenvalue weighted by molar-refractivity contribution is 5.93. The van der Waals surface area contributed by atoms with Crippen molar-refractivity contribution in [2.24, 2.45) is 4.99 Å². The van der Waals surface area contributed by atoms with Crippen LogP contribution in [0.15, 0.2) is 29.3 Å². The van der Waals surface area contributed by atoms with E-state index in [1.54, 1.807) is 7.05 Å². The maximum atomic E-state index is 11.7. The Hall–Kier alpha value is -2.08. The summed E-state index contributed by atoms with van der Waals surface area (Å²) in [7, 11) is 1.65. The molecule has 1 saturated heterocycles. The molecule has 1 aromatic carbocycles. The molecule has 1 aliphatic heterocycles. The topological polar surface area (TPSA) is 68.8 Å². The van der Waals surface area contributed by atoms with Gasteiger partial charge in [-0.25, -0.2) is 4.99 Å². The van der Waals surface area contributed by atoms with Crippen molar-refractivity contribution in [3.8, 4) is 0 Å². The molecule has 0 bridgehead atoms. The number of likely N-dealkylation sites (tertiary alicyclic amines) is 1. The Bertz CT molecular complexity index is 688. The molecule has 0 atom stereocenters. The average molecular weight is 414 g/mol. The third kappa shape index (κ3) is 5.97. The number of amides is 1. The fourth-order valence-electron chi connectivity index (χ4n) is 4.85. The van der Waals surface area contributed by atoms with Crippen molar-refractivity contribution in [3.63, 3.8) is 0 Å². The summed E-state index contributed by atoms with van der Waals surface area (Å²) < 4.78 is 0. The maximum Gasteiger partial charge on any atom is 0.251 e. The van der Waals surface area contributed by atoms with Crippen LogP contribution in [-0.2, 0) is 6.54 Å². The predicted molar refractivity (Wildman–Crippen MR) is 124 cm³/mol. The van der Waals surface area contributed by atoms with Crippen LogP contribution >= 0.6 is 0 Å². The van der Waals surface area contributed by atoms with E-state index >= 15 is 0 Å². The Morgan fingerprint density at radius 2 is 1.67 bits per heavy atom. The van der Waals surface area contributed by atoms with Crippen LogP contribution in [0, 0.1) is 0 Å². The predicted octanol–water partition coefficient (Wildman–Crippen LogP) is 3.29. The van der Waals surface area contributed by atoms with Crippen LogP contribution in [-0.4, -0.2) is 55.5 Å². The molecule has 2 fully saturated rings. The second-order valence-corrected chi connectivity index (χ2v) is 8.66. The number of piperidine rings is 1. The van der Waals surface area contributed by atoms with E-state index in [1.165, 1.54) is 64.5 Å². The molecule has 30 heavy (non-hydrogen) atoms. The zero-order valence-electron chi connectivity index (χ0n) is 18.8. The summed E-state index contributed by atoms with van der Waals surface area (Å²) >= 11 is 0. The van der Waals surface area contributed by atoms with Crippen LogP contribution < -0.4 is 16.0 Å². The van der Waals surface area contributed by atoms with Gasteiger partial charge in [0.05, 0.1) is 6.54 Å². The molecule has 0 unspecified atom stereocenters. The average Bonchev–Trinajstić information content (AvgIpc) is 2.82. The summed E-state index contributed by atoms with van der Waals surface area (Å²) in [6, 6.07) is 7.68. The third-order valence-electron chi connectivity index (χ3n) is 6.60. The van der Waals surface area contributed by atoms with Gasteiger partial charge in [0, 0.05) is 31.2 Å². The van der Waals surface area contributed by atoms with Crippen molar-refractivity contribution in [2.75, 3.05) is 33.2 Å². The minimum absolute atomic E-state index is 0.0597. The van der Waals surface area contributed by atoms with Gasteiger partial charge in [-0.2, -0.15) is 0 Å². The Morgan fingerprint density at radius 1 is 1.00 bits per heavy atom. The minimum atomic E-state index is -0.0597. The molecule has 1 amide bonds. The van der Waals surface area contributed by atoms with Gasteiger partial charge in [0.1, 0.15) is 0 Å². The van der Waals surface area contributed by atoms with E-state index in [0.717, 1.165) is 24.6 Å². The third-order valence-corrected chi connectivity index (χ3v) is 6.60. The molecule has 1 heterocycles. The lowest BCUT2D eigenvalue weighted by molar-refractivity contribution is 0.0368. The van der Waals surface area contributed by atoms with Gasteiger partial charge in [-0.1, -0.05) is 37.8 Å². The van der Waals surface area contributed by atoms with E-state index in [1.807, 2.05) is 24.3 Å². The number of rotatable bonds is 7. The second-order valence-electron chi connectivity index (χ2n) is 8.66. The van der Waals surface area contributed by atoms with Crippen LogP contribution in [0.1, 0.15) is 74.2 Å². The second kappa shape index (κ2) is 11.3. The molecule has 3 N–H and O–H groups in total. The maximum absolute atomic E-state index is 11.7. The molecule has 1 saturated carbocycles. The zero-order valence-corrected chi connectivity index (χ0v) is 18.8. The molecule has 6 nitrogen and oxygen atoms in total. The number of hydrogen-bond donors (Lipinski definition) is 3. The fraction of sp³-hybridized carbons (Fsp3) is 0.667. The van der Waals surface area contributed by atoms with Crippen LogP contribution in [0.2, 0.25) is 0 Å². The van der Waals surface area contributed by atoms with Crippen molar-refractivity contribution >= 4 is 11.9 Å². The SMILES string of the molecule is CCNC(=NCc1ccc(C(=O)NC)cc1)NCC1(N2CCCCC2)CCCCC1.